The zero-order chi connectivity index (χ0) is 26.7. The number of hydrogen-bond donors (Lipinski definition) is 1. The molecule has 0 spiro atoms. The molecule has 2 aromatic carbocycles. The summed E-state index contributed by atoms with van der Waals surface area (Å²) in [5, 5.41) is 3.31. The van der Waals surface area contributed by atoms with Crippen molar-refractivity contribution in [2.75, 3.05) is 20.3 Å². The van der Waals surface area contributed by atoms with Gasteiger partial charge in [0.15, 0.2) is 5.78 Å². The maximum atomic E-state index is 14.3. The molecule has 2 aromatic rings. The molecule has 0 unspecified atom stereocenters. The lowest BCUT2D eigenvalue weighted by Crippen LogP contribution is -2.43. The molecule has 0 bridgehead atoms. The van der Waals surface area contributed by atoms with E-state index in [1.165, 1.54) is 0 Å². The number of methoxy groups -OCH3 is 1. The SMILES string of the molecule is CCOC(=O)C1=C(C)NC2=C(C(=O)[C@@H](C(=O)OCC)[C@@H](c3cccc(OC)c3)C2)[C@@H]1c1cccc(Br)c1. The Hall–Kier alpha value is -3.39. The van der Waals surface area contributed by atoms with Gasteiger partial charge in [-0.3, -0.25) is 9.59 Å². The summed E-state index contributed by atoms with van der Waals surface area (Å²) in [6.07, 6.45) is 0.385. The van der Waals surface area contributed by atoms with Gasteiger partial charge >= 0.3 is 11.9 Å². The van der Waals surface area contributed by atoms with Crippen molar-refractivity contribution >= 4 is 33.7 Å². The molecule has 1 heterocycles. The Morgan fingerprint density at radius 3 is 2.41 bits per heavy atom. The highest BCUT2D eigenvalue weighted by atomic mass is 79.9. The lowest BCUT2D eigenvalue weighted by Gasteiger charge is -2.39. The lowest BCUT2D eigenvalue weighted by atomic mass is 9.67. The van der Waals surface area contributed by atoms with Crippen molar-refractivity contribution in [1.29, 1.82) is 0 Å². The molecule has 0 amide bonds. The Labute approximate surface area is 225 Å². The number of rotatable bonds is 7. The van der Waals surface area contributed by atoms with Crippen molar-refractivity contribution in [2.45, 2.75) is 39.0 Å². The van der Waals surface area contributed by atoms with Crippen LogP contribution in [0.15, 0.2) is 75.5 Å². The Bertz CT molecular complexity index is 1300. The van der Waals surface area contributed by atoms with Crippen LogP contribution in [-0.2, 0) is 23.9 Å². The van der Waals surface area contributed by atoms with Crippen molar-refractivity contribution in [3.63, 3.8) is 0 Å². The summed E-state index contributed by atoms with van der Waals surface area (Å²) in [7, 11) is 1.57. The summed E-state index contributed by atoms with van der Waals surface area (Å²) >= 11 is 3.51. The van der Waals surface area contributed by atoms with Gasteiger partial charge in [0.1, 0.15) is 11.7 Å². The zero-order valence-electron chi connectivity index (χ0n) is 21.3. The predicted octanol–water partition coefficient (Wildman–Crippen LogP) is 5.17. The quantitative estimate of drug-likeness (QED) is 0.364. The van der Waals surface area contributed by atoms with Gasteiger partial charge in [-0.1, -0.05) is 40.2 Å². The Morgan fingerprint density at radius 2 is 1.73 bits per heavy atom. The highest BCUT2D eigenvalue weighted by Gasteiger charge is 2.49. The first kappa shape index (κ1) is 26.7. The van der Waals surface area contributed by atoms with Gasteiger partial charge in [0.05, 0.1) is 25.9 Å². The van der Waals surface area contributed by atoms with Gasteiger partial charge < -0.3 is 19.5 Å². The molecular weight excluding hydrogens is 538 g/mol. The predicted molar refractivity (Wildman–Crippen MR) is 142 cm³/mol. The number of carbonyl (C=O) groups excluding carboxylic acids is 3. The van der Waals surface area contributed by atoms with Crippen LogP contribution in [0.5, 0.6) is 5.75 Å². The molecule has 1 aliphatic carbocycles. The average Bonchev–Trinajstić information content (AvgIpc) is 2.88. The Balaban J connectivity index is 1.90. The number of halogens is 1. The number of allylic oxidation sites excluding steroid dienone is 3. The first-order valence-electron chi connectivity index (χ1n) is 12.3. The fourth-order valence-corrected chi connectivity index (χ4v) is 5.64. The maximum absolute atomic E-state index is 14.3. The van der Waals surface area contributed by atoms with Gasteiger partial charge in [-0.15, -0.1) is 0 Å². The molecule has 1 N–H and O–H groups in total. The second-order valence-electron chi connectivity index (χ2n) is 8.95. The van der Waals surface area contributed by atoms with Crippen LogP contribution in [0.25, 0.3) is 0 Å². The van der Waals surface area contributed by atoms with E-state index in [1.807, 2.05) is 55.5 Å². The summed E-state index contributed by atoms with van der Waals surface area (Å²) in [5.41, 5.74) is 3.61. The number of hydrogen-bond acceptors (Lipinski definition) is 7. The summed E-state index contributed by atoms with van der Waals surface area (Å²) in [6.45, 7) is 5.62. The highest BCUT2D eigenvalue weighted by molar-refractivity contribution is 9.10. The molecule has 4 rings (SSSR count). The summed E-state index contributed by atoms with van der Waals surface area (Å²) < 4.78 is 17.0. The van der Waals surface area contributed by atoms with Gasteiger partial charge in [0, 0.05) is 33.3 Å². The third-order valence-corrected chi connectivity index (χ3v) is 7.25. The van der Waals surface area contributed by atoms with E-state index in [0.29, 0.717) is 34.7 Å². The van der Waals surface area contributed by atoms with E-state index < -0.39 is 29.7 Å². The number of ketones is 1. The van der Waals surface area contributed by atoms with Crippen LogP contribution in [-0.4, -0.2) is 38.0 Å². The normalized spacial score (nSPS) is 21.2. The number of esters is 2. The van der Waals surface area contributed by atoms with Crippen molar-refractivity contribution in [1.82, 2.24) is 5.32 Å². The largest absolute Gasteiger partial charge is 0.497 e. The first-order valence-corrected chi connectivity index (χ1v) is 13.1. The Kier molecular flexibility index (Phi) is 8.17. The minimum atomic E-state index is -1.07. The maximum Gasteiger partial charge on any atom is 0.336 e. The zero-order valence-corrected chi connectivity index (χ0v) is 22.9. The number of carbonyl (C=O) groups is 3. The first-order chi connectivity index (χ1) is 17.8. The van der Waals surface area contributed by atoms with E-state index in [2.05, 4.69) is 21.2 Å². The van der Waals surface area contributed by atoms with Gasteiger partial charge in [-0.2, -0.15) is 0 Å². The van der Waals surface area contributed by atoms with Crippen LogP contribution in [0.1, 0.15) is 50.2 Å². The van der Waals surface area contributed by atoms with Crippen LogP contribution >= 0.6 is 15.9 Å². The van der Waals surface area contributed by atoms with E-state index in [-0.39, 0.29) is 19.0 Å². The van der Waals surface area contributed by atoms with Crippen molar-refractivity contribution < 1.29 is 28.6 Å². The molecule has 0 radical (unpaired) electrons. The molecule has 1 aliphatic heterocycles. The van der Waals surface area contributed by atoms with Crippen LogP contribution in [0.3, 0.4) is 0 Å². The average molecular weight is 568 g/mol. The van der Waals surface area contributed by atoms with E-state index in [4.69, 9.17) is 14.2 Å². The standard InChI is InChI=1S/C29H30BrNO6/c1-5-36-28(33)23-16(3)31-22-15-21(17-9-8-12-20(14-17)35-4)25(29(34)37-6-2)27(32)26(22)24(23)18-10-7-11-19(30)13-18/h7-14,21,24-25,31H,5-6,15H2,1-4H3/t21-,24-,25+/m1/s1. The number of dihydropyridines is 1. The van der Waals surface area contributed by atoms with E-state index in [0.717, 1.165) is 15.6 Å². The topological polar surface area (TPSA) is 90.9 Å². The molecule has 37 heavy (non-hydrogen) atoms. The van der Waals surface area contributed by atoms with E-state index in [1.54, 1.807) is 21.0 Å². The number of Topliss-reactive ketones (excluding diaryl/α,β-unsaturated/α-hetero) is 1. The van der Waals surface area contributed by atoms with Gasteiger partial charge in [0.25, 0.3) is 0 Å². The van der Waals surface area contributed by atoms with Gasteiger partial charge in [-0.25, -0.2) is 4.79 Å². The van der Waals surface area contributed by atoms with Crippen molar-refractivity contribution in [2.24, 2.45) is 5.92 Å². The summed E-state index contributed by atoms with van der Waals surface area (Å²) in [4.78, 5) is 40.7. The monoisotopic (exact) mass is 567 g/mol. The van der Waals surface area contributed by atoms with Gasteiger partial charge in [0.2, 0.25) is 0 Å². The minimum absolute atomic E-state index is 0.153. The summed E-state index contributed by atoms with van der Waals surface area (Å²) in [5.74, 6) is -3.03. The molecule has 194 valence electrons. The molecule has 0 saturated heterocycles. The molecular formula is C29H30BrNO6. The van der Waals surface area contributed by atoms with Crippen LogP contribution in [0.2, 0.25) is 0 Å². The van der Waals surface area contributed by atoms with Crippen molar-refractivity contribution in [3.05, 3.63) is 86.7 Å². The van der Waals surface area contributed by atoms with Crippen LogP contribution < -0.4 is 10.1 Å². The second-order valence-corrected chi connectivity index (χ2v) is 9.86. The molecule has 3 atom stereocenters. The molecule has 2 aliphatic rings. The molecule has 0 fully saturated rings. The third-order valence-electron chi connectivity index (χ3n) is 6.76. The third kappa shape index (κ3) is 5.21. The molecule has 7 nitrogen and oxygen atoms in total. The highest BCUT2D eigenvalue weighted by Crippen LogP contribution is 2.48. The van der Waals surface area contributed by atoms with Gasteiger partial charge in [-0.05, 0) is 62.6 Å². The number of nitrogens with one attached hydrogen (secondary N) is 1. The lowest BCUT2D eigenvalue weighted by molar-refractivity contribution is -0.152. The molecule has 0 saturated carbocycles. The Morgan fingerprint density at radius 1 is 1.03 bits per heavy atom. The van der Waals surface area contributed by atoms with E-state index in [9.17, 15) is 14.4 Å². The summed E-state index contributed by atoms with van der Waals surface area (Å²) in [6, 6.07) is 14.9. The van der Waals surface area contributed by atoms with Crippen molar-refractivity contribution in [3.8, 4) is 5.75 Å². The van der Waals surface area contributed by atoms with E-state index >= 15 is 0 Å². The van der Waals surface area contributed by atoms with Crippen LogP contribution in [0, 0.1) is 5.92 Å². The fourth-order valence-electron chi connectivity index (χ4n) is 5.22. The molecule has 0 aromatic heterocycles. The smallest absolute Gasteiger partial charge is 0.336 e. The number of ether oxygens (including phenoxy) is 3. The fraction of sp³-hybridized carbons (Fsp3) is 0.345. The van der Waals surface area contributed by atoms with Crippen LogP contribution in [0.4, 0.5) is 0 Å². The molecule has 8 heteroatoms. The number of benzene rings is 2. The second kappa shape index (κ2) is 11.3. The minimum Gasteiger partial charge on any atom is -0.497 e.